The summed E-state index contributed by atoms with van der Waals surface area (Å²) >= 11 is 0. The van der Waals surface area contributed by atoms with Gasteiger partial charge in [0.15, 0.2) is 6.10 Å². The van der Waals surface area contributed by atoms with Crippen LogP contribution in [0.1, 0.15) is 142 Å². The largest absolute Gasteiger partial charge is 0.472 e. The zero-order chi connectivity index (χ0) is 46.4. The highest BCUT2D eigenvalue weighted by atomic mass is 31.2. The topological polar surface area (TPSA) is 210 Å². The molecule has 1 rings (SSSR count). The molecule has 358 valence electrons. The molecule has 1 saturated carbocycles. The van der Waals surface area contributed by atoms with Gasteiger partial charge < -0.3 is 39.9 Å². The van der Waals surface area contributed by atoms with Gasteiger partial charge in [0, 0.05) is 12.8 Å². The second-order valence-corrected chi connectivity index (χ2v) is 17.0. The summed E-state index contributed by atoms with van der Waals surface area (Å²) in [6.07, 6.45) is 37.4. The van der Waals surface area contributed by atoms with Crippen LogP contribution in [-0.4, -0.2) is 98.3 Å². The van der Waals surface area contributed by atoms with Gasteiger partial charge in [0.25, 0.3) is 0 Å². The third kappa shape index (κ3) is 30.5. The molecule has 0 bridgehead atoms. The van der Waals surface area contributed by atoms with Crippen LogP contribution in [0.4, 0.5) is 0 Å². The lowest BCUT2D eigenvalue weighted by Crippen LogP contribution is -2.64. The van der Waals surface area contributed by atoms with Crippen molar-refractivity contribution in [1.29, 1.82) is 0 Å². The van der Waals surface area contributed by atoms with E-state index in [9.17, 15) is 44.6 Å². The highest BCUT2D eigenvalue weighted by molar-refractivity contribution is 7.47. The van der Waals surface area contributed by atoms with Crippen molar-refractivity contribution in [3.05, 3.63) is 97.2 Å². The molecule has 6 unspecified atom stereocenters. The molecular formula is C49H79O13P. The Hall–Kier alpha value is -3.23. The first-order valence-electron chi connectivity index (χ1n) is 23.1. The Morgan fingerprint density at radius 2 is 0.968 bits per heavy atom. The summed E-state index contributed by atoms with van der Waals surface area (Å²) in [5.41, 5.74) is 0. The molecule has 13 nitrogen and oxygen atoms in total. The molecule has 0 aliphatic heterocycles. The van der Waals surface area contributed by atoms with Crippen LogP contribution in [0.2, 0.25) is 0 Å². The van der Waals surface area contributed by atoms with Gasteiger partial charge in [-0.2, -0.15) is 0 Å². The van der Waals surface area contributed by atoms with Crippen molar-refractivity contribution in [2.75, 3.05) is 13.2 Å². The summed E-state index contributed by atoms with van der Waals surface area (Å²) in [7, 11) is -5.14. The van der Waals surface area contributed by atoms with Gasteiger partial charge in [-0.25, -0.2) is 4.57 Å². The maximum absolute atomic E-state index is 12.8. The Morgan fingerprint density at radius 1 is 0.524 bits per heavy atom. The molecule has 6 N–H and O–H groups in total. The molecule has 1 aliphatic rings. The number of aliphatic hydroxyl groups excluding tert-OH is 5. The van der Waals surface area contributed by atoms with Crippen LogP contribution in [0, 0.1) is 0 Å². The summed E-state index contributed by atoms with van der Waals surface area (Å²) in [6.45, 7) is 3.07. The normalized spacial score (nSPS) is 22.6. The van der Waals surface area contributed by atoms with E-state index in [2.05, 4.69) is 74.6 Å². The average molecular weight is 907 g/mol. The van der Waals surface area contributed by atoms with Crippen molar-refractivity contribution >= 4 is 19.8 Å². The minimum atomic E-state index is -5.14. The minimum absolute atomic E-state index is 0.0569. The van der Waals surface area contributed by atoms with Gasteiger partial charge in [-0.3, -0.25) is 18.6 Å². The summed E-state index contributed by atoms with van der Waals surface area (Å²) in [4.78, 5) is 35.7. The fourth-order valence-corrected chi connectivity index (χ4v) is 7.25. The Labute approximate surface area is 377 Å². The molecule has 0 spiro atoms. The molecule has 63 heavy (non-hydrogen) atoms. The molecule has 0 radical (unpaired) electrons. The number of rotatable bonds is 36. The summed E-state index contributed by atoms with van der Waals surface area (Å²) in [6, 6.07) is 0. The zero-order valence-electron chi connectivity index (χ0n) is 37.8. The predicted octanol–water partition coefficient (Wildman–Crippen LogP) is 9.05. The van der Waals surface area contributed by atoms with E-state index in [1.54, 1.807) is 0 Å². The van der Waals surface area contributed by atoms with Crippen LogP contribution >= 0.6 is 7.82 Å². The van der Waals surface area contributed by atoms with E-state index < -0.39 is 75.7 Å². The summed E-state index contributed by atoms with van der Waals surface area (Å²) in [5, 5.41) is 50.1. The van der Waals surface area contributed by atoms with Crippen LogP contribution < -0.4 is 0 Å². The SMILES string of the molecule is CC/C=C/C=C/C=C/C=C/CCCCCCCC(=O)O[C@@H](COC(=O)CCCCC/C=C/C/C=C/C/C=C/C/C=C/CCCCC)COP(=O)(O)OC1C(O)C(O)C(O)[C@H](O)C1O. The fourth-order valence-electron chi connectivity index (χ4n) is 6.28. The van der Waals surface area contributed by atoms with E-state index in [1.165, 1.54) is 19.3 Å². The minimum Gasteiger partial charge on any atom is -0.462 e. The van der Waals surface area contributed by atoms with Crippen molar-refractivity contribution in [2.45, 2.75) is 185 Å². The lowest BCUT2D eigenvalue weighted by atomic mass is 9.85. The number of esters is 2. The number of carbonyl (C=O) groups is 2. The molecule has 8 atom stereocenters. The van der Waals surface area contributed by atoms with Gasteiger partial charge in [-0.05, 0) is 77.0 Å². The lowest BCUT2D eigenvalue weighted by molar-refractivity contribution is -0.220. The van der Waals surface area contributed by atoms with E-state index in [0.717, 1.165) is 83.5 Å². The molecule has 0 saturated heterocycles. The number of phosphoric acid groups is 1. The number of hydrogen-bond donors (Lipinski definition) is 6. The van der Waals surface area contributed by atoms with Crippen LogP contribution in [0.3, 0.4) is 0 Å². The quantitative estimate of drug-likeness (QED) is 0.0114. The number of ether oxygens (including phenoxy) is 2. The highest BCUT2D eigenvalue weighted by Crippen LogP contribution is 2.47. The number of unbranched alkanes of at least 4 members (excludes halogenated alkanes) is 11. The molecule has 1 aliphatic carbocycles. The Morgan fingerprint density at radius 3 is 1.54 bits per heavy atom. The summed E-state index contributed by atoms with van der Waals surface area (Å²) < 4.78 is 33.5. The second kappa shape index (κ2) is 38.1. The predicted molar refractivity (Wildman–Crippen MR) is 248 cm³/mol. The van der Waals surface area contributed by atoms with E-state index in [0.29, 0.717) is 12.8 Å². The maximum Gasteiger partial charge on any atom is 0.472 e. The van der Waals surface area contributed by atoms with E-state index in [4.69, 9.17) is 18.5 Å². The molecule has 0 aromatic rings. The van der Waals surface area contributed by atoms with Gasteiger partial charge >= 0.3 is 19.8 Å². The van der Waals surface area contributed by atoms with Crippen molar-refractivity contribution in [3.63, 3.8) is 0 Å². The van der Waals surface area contributed by atoms with Crippen molar-refractivity contribution in [2.24, 2.45) is 0 Å². The van der Waals surface area contributed by atoms with Crippen LogP contribution in [0.25, 0.3) is 0 Å². The number of carbonyl (C=O) groups excluding carboxylic acids is 2. The Kier molecular flexibility index (Phi) is 34.9. The van der Waals surface area contributed by atoms with E-state index >= 15 is 0 Å². The van der Waals surface area contributed by atoms with Gasteiger partial charge in [0.2, 0.25) is 0 Å². The standard InChI is InChI=1S/C49H79O13P/c1-3-5-7-9-11-13-15-17-19-20-21-22-24-25-27-29-31-33-35-37-42(50)59-39-41(40-60-63(57,58)62-49-47(55)45(53)44(52)46(54)48(49)56)61-43(51)38-36-34-32-30-28-26-23-18-16-14-12-10-8-6-4-2/h6,8,10-14,16-19,21-23,25,27,41,44-49,52-56H,3-5,7,9,15,20,24,26,28-40H2,1-2H3,(H,57,58)/b8-6+,12-10+,13-11+,16-14+,19-17+,22-21+,23-18+,27-25+/t41-,44?,45-,46?,47?,48?,49?/m0/s1. The zero-order valence-corrected chi connectivity index (χ0v) is 38.7. The van der Waals surface area contributed by atoms with Crippen molar-refractivity contribution in [3.8, 4) is 0 Å². The van der Waals surface area contributed by atoms with E-state index in [-0.39, 0.29) is 12.8 Å². The maximum atomic E-state index is 12.8. The van der Waals surface area contributed by atoms with Crippen LogP contribution in [0.5, 0.6) is 0 Å². The molecule has 1 fully saturated rings. The van der Waals surface area contributed by atoms with Gasteiger partial charge in [-0.15, -0.1) is 0 Å². The Bertz CT molecular complexity index is 1470. The van der Waals surface area contributed by atoms with Crippen LogP contribution in [-0.2, 0) is 32.7 Å². The van der Waals surface area contributed by atoms with Crippen molar-refractivity contribution in [1.82, 2.24) is 0 Å². The molecule has 14 heteroatoms. The van der Waals surface area contributed by atoms with Gasteiger partial charge in [0.1, 0.15) is 43.2 Å². The average Bonchev–Trinajstić information content (AvgIpc) is 3.26. The Balaban J connectivity index is 2.51. The third-order valence-corrected chi connectivity index (χ3v) is 11.0. The summed E-state index contributed by atoms with van der Waals surface area (Å²) in [5.74, 6) is -1.17. The lowest BCUT2D eigenvalue weighted by Gasteiger charge is -2.41. The molecule has 0 amide bonds. The van der Waals surface area contributed by atoms with Gasteiger partial charge in [0.05, 0.1) is 6.61 Å². The van der Waals surface area contributed by atoms with E-state index in [1.807, 2.05) is 36.5 Å². The van der Waals surface area contributed by atoms with Gasteiger partial charge in [-0.1, -0.05) is 150 Å². The molecule has 0 aromatic heterocycles. The second-order valence-electron chi connectivity index (χ2n) is 15.6. The molecule has 0 heterocycles. The first-order valence-corrected chi connectivity index (χ1v) is 24.6. The van der Waals surface area contributed by atoms with Crippen molar-refractivity contribution < 1.29 is 63.1 Å². The smallest absolute Gasteiger partial charge is 0.462 e. The first-order chi connectivity index (χ1) is 30.4. The third-order valence-electron chi connectivity index (χ3n) is 10.0. The number of aliphatic hydroxyl groups is 5. The molecule has 0 aromatic carbocycles. The molecular weight excluding hydrogens is 828 g/mol. The number of allylic oxidation sites excluding steroid dienone is 16. The van der Waals surface area contributed by atoms with Crippen LogP contribution in [0.15, 0.2) is 97.2 Å². The highest BCUT2D eigenvalue weighted by Gasteiger charge is 2.51. The first kappa shape index (κ1) is 57.8. The fraction of sp³-hybridized carbons (Fsp3) is 0.633. The number of hydrogen-bond acceptors (Lipinski definition) is 12. The monoisotopic (exact) mass is 907 g/mol. The number of phosphoric ester groups is 1.